The molecule has 0 amide bonds. The molecule has 12 heteroatoms. The molecule has 0 aliphatic carbocycles. The van der Waals surface area contributed by atoms with Crippen LogP contribution in [0, 0.1) is 13.8 Å². The Bertz CT molecular complexity index is 1220. The number of ether oxygens (including phenoxy) is 3. The van der Waals surface area contributed by atoms with Crippen LogP contribution in [0.15, 0.2) is 18.2 Å². The highest BCUT2D eigenvalue weighted by atomic mass is 35.5. The maximum atomic E-state index is 12.8. The molecule has 2 N–H and O–H groups in total. The Morgan fingerprint density at radius 1 is 1.12 bits per heavy atom. The largest absolute Gasteiger partial charge is 0.465 e. The number of methoxy groups -OCH3 is 2. The molecule has 0 atom stereocenters. The lowest BCUT2D eigenvalue weighted by molar-refractivity contribution is 0.0446. The Hall–Kier alpha value is -3.44. The van der Waals surface area contributed by atoms with Gasteiger partial charge < -0.3 is 19.9 Å². The number of esters is 3. The minimum absolute atomic E-state index is 0.0219. The van der Waals surface area contributed by atoms with Crippen molar-refractivity contribution in [2.45, 2.75) is 20.5 Å². The first-order valence-electron chi connectivity index (χ1n) is 9.13. The van der Waals surface area contributed by atoms with Crippen LogP contribution in [0.2, 0.25) is 5.02 Å². The Labute approximate surface area is 191 Å². The molecule has 168 valence electrons. The van der Waals surface area contributed by atoms with Gasteiger partial charge in [0.15, 0.2) is 11.5 Å². The monoisotopic (exact) mass is 478 g/mol. The van der Waals surface area contributed by atoms with E-state index in [-0.39, 0.29) is 31.7 Å². The van der Waals surface area contributed by atoms with E-state index in [1.165, 1.54) is 20.3 Å². The molecular formula is C20H19ClN4O6S. The van der Waals surface area contributed by atoms with Crippen molar-refractivity contribution in [3.05, 3.63) is 56.3 Å². The zero-order valence-electron chi connectivity index (χ0n) is 17.6. The lowest BCUT2D eigenvalue weighted by Crippen LogP contribution is -2.14. The van der Waals surface area contributed by atoms with Crippen molar-refractivity contribution in [2.75, 3.05) is 20.0 Å². The van der Waals surface area contributed by atoms with Gasteiger partial charge in [0.1, 0.15) is 22.0 Å². The minimum Gasteiger partial charge on any atom is -0.465 e. The number of rotatable bonds is 6. The fourth-order valence-electron chi connectivity index (χ4n) is 2.97. The van der Waals surface area contributed by atoms with E-state index in [0.29, 0.717) is 5.82 Å². The van der Waals surface area contributed by atoms with Gasteiger partial charge in [-0.3, -0.25) is 0 Å². The van der Waals surface area contributed by atoms with E-state index in [1.807, 2.05) is 19.9 Å². The van der Waals surface area contributed by atoms with Crippen LogP contribution in [-0.2, 0) is 20.8 Å². The molecule has 32 heavy (non-hydrogen) atoms. The SMILES string of the molecule is COC(=O)c1sc(N)c(C(=O)OC)c1COC(=O)c1nc(-n2nc(C)cc2C)ccc1Cl. The van der Waals surface area contributed by atoms with Crippen molar-refractivity contribution in [3.63, 3.8) is 0 Å². The maximum absolute atomic E-state index is 12.8. The number of hydrogen-bond donors (Lipinski definition) is 1. The summed E-state index contributed by atoms with van der Waals surface area (Å²) in [6.45, 7) is 3.22. The normalized spacial score (nSPS) is 10.7. The van der Waals surface area contributed by atoms with Crippen LogP contribution in [0.5, 0.6) is 0 Å². The molecule has 0 aromatic carbocycles. The van der Waals surface area contributed by atoms with Gasteiger partial charge in [-0.15, -0.1) is 11.3 Å². The number of carbonyl (C=O) groups excluding carboxylic acids is 3. The summed E-state index contributed by atoms with van der Waals surface area (Å²) in [7, 11) is 2.35. The predicted octanol–water partition coefficient (Wildman–Crippen LogP) is 3.11. The Morgan fingerprint density at radius 2 is 1.81 bits per heavy atom. The summed E-state index contributed by atoms with van der Waals surface area (Å²) in [4.78, 5) is 41.3. The number of pyridine rings is 1. The zero-order valence-corrected chi connectivity index (χ0v) is 19.2. The van der Waals surface area contributed by atoms with Crippen molar-refractivity contribution in [1.82, 2.24) is 14.8 Å². The fraction of sp³-hybridized carbons (Fsp3) is 0.250. The summed E-state index contributed by atoms with van der Waals surface area (Å²) in [5, 5.41) is 4.43. The van der Waals surface area contributed by atoms with Crippen LogP contribution in [0.1, 0.15) is 47.5 Å². The molecule has 3 aromatic rings. The van der Waals surface area contributed by atoms with Gasteiger partial charge in [0.2, 0.25) is 0 Å². The first kappa shape index (κ1) is 23.2. The van der Waals surface area contributed by atoms with Gasteiger partial charge in [0.05, 0.1) is 24.9 Å². The summed E-state index contributed by atoms with van der Waals surface area (Å²) in [6, 6.07) is 4.97. The quantitative estimate of drug-likeness (QED) is 0.418. The molecule has 0 aliphatic heterocycles. The van der Waals surface area contributed by atoms with Crippen LogP contribution in [-0.4, -0.2) is 46.9 Å². The molecule has 0 aliphatic rings. The average Bonchev–Trinajstić information content (AvgIpc) is 3.29. The van der Waals surface area contributed by atoms with E-state index in [1.54, 1.807) is 10.7 Å². The molecule has 0 unspecified atom stereocenters. The first-order valence-corrected chi connectivity index (χ1v) is 10.3. The predicted molar refractivity (Wildman–Crippen MR) is 116 cm³/mol. The number of thiophene rings is 1. The van der Waals surface area contributed by atoms with Crippen LogP contribution in [0.25, 0.3) is 5.82 Å². The van der Waals surface area contributed by atoms with Gasteiger partial charge in [0.25, 0.3) is 0 Å². The Kier molecular flexibility index (Phi) is 6.80. The number of aryl methyl sites for hydroxylation is 2. The van der Waals surface area contributed by atoms with Crippen molar-refractivity contribution in [2.24, 2.45) is 0 Å². The lowest BCUT2D eigenvalue weighted by Gasteiger charge is -2.10. The van der Waals surface area contributed by atoms with Crippen molar-refractivity contribution in [3.8, 4) is 5.82 Å². The number of hydrogen-bond acceptors (Lipinski definition) is 10. The van der Waals surface area contributed by atoms with E-state index in [2.05, 4.69) is 10.1 Å². The molecule has 3 aromatic heterocycles. The second-order valence-corrected chi connectivity index (χ2v) is 8.01. The summed E-state index contributed by atoms with van der Waals surface area (Å²) in [6.07, 6.45) is 0. The summed E-state index contributed by atoms with van der Waals surface area (Å²) in [5.74, 6) is -2.00. The van der Waals surface area contributed by atoms with Gasteiger partial charge in [-0.05, 0) is 32.0 Å². The second kappa shape index (κ2) is 9.37. The number of carbonyl (C=O) groups is 3. The molecule has 0 spiro atoms. The number of nitrogen functional groups attached to an aromatic ring is 1. The first-order chi connectivity index (χ1) is 15.2. The molecule has 0 saturated heterocycles. The van der Waals surface area contributed by atoms with Gasteiger partial charge in [-0.2, -0.15) is 5.10 Å². The van der Waals surface area contributed by atoms with Gasteiger partial charge in [-0.25, -0.2) is 24.0 Å². The molecule has 0 fully saturated rings. The third kappa shape index (κ3) is 4.43. The standard InChI is InChI=1S/C20H19ClN4O6S/c1-9-7-10(2)25(24-9)13-6-5-12(21)15(23-13)19(27)31-8-11-14(18(26)29-3)17(22)32-16(11)20(28)30-4/h5-7H,8,22H2,1-4H3. The van der Waals surface area contributed by atoms with Crippen LogP contribution < -0.4 is 5.73 Å². The van der Waals surface area contributed by atoms with Gasteiger partial charge >= 0.3 is 17.9 Å². The fourth-order valence-corrected chi connectivity index (χ4v) is 4.13. The van der Waals surface area contributed by atoms with Gasteiger partial charge in [0, 0.05) is 11.3 Å². The van der Waals surface area contributed by atoms with Gasteiger partial charge in [-0.1, -0.05) is 11.6 Å². The van der Waals surface area contributed by atoms with Crippen LogP contribution in [0.3, 0.4) is 0 Å². The number of anilines is 1. The molecule has 0 radical (unpaired) electrons. The van der Waals surface area contributed by atoms with Crippen LogP contribution in [0.4, 0.5) is 5.00 Å². The molecule has 0 bridgehead atoms. The molecule has 0 saturated carbocycles. The van der Waals surface area contributed by atoms with E-state index in [4.69, 9.17) is 31.5 Å². The van der Waals surface area contributed by atoms with Crippen molar-refractivity contribution >= 4 is 45.8 Å². The summed E-state index contributed by atoms with van der Waals surface area (Å²) >= 11 is 6.99. The third-order valence-electron chi connectivity index (χ3n) is 4.39. The smallest absolute Gasteiger partial charge is 0.358 e. The average molecular weight is 479 g/mol. The Morgan fingerprint density at radius 3 is 2.41 bits per heavy atom. The third-order valence-corrected chi connectivity index (χ3v) is 5.74. The summed E-state index contributed by atoms with van der Waals surface area (Å²) < 4.78 is 16.3. The number of aromatic nitrogens is 3. The molecule has 10 nitrogen and oxygen atoms in total. The van der Waals surface area contributed by atoms with E-state index >= 15 is 0 Å². The number of halogens is 1. The number of nitrogens with zero attached hydrogens (tertiary/aromatic N) is 3. The van der Waals surface area contributed by atoms with E-state index < -0.39 is 24.5 Å². The minimum atomic E-state index is -0.866. The zero-order chi connectivity index (χ0) is 23.6. The second-order valence-electron chi connectivity index (χ2n) is 6.55. The van der Waals surface area contributed by atoms with E-state index in [0.717, 1.165) is 22.7 Å². The van der Waals surface area contributed by atoms with E-state index in [9.17, 15) is 14.4 Å². The highest BCUT2D eigenvalue weighted by molar-refractivity contribution is 7.18. The Balaban J connectivity index is 1.92. The highest BCUT2D eigenvalue weighted by Crippen LogP contribution is 2.33. The molecule has 3 rings (SSSR count). The van der Waals surface area contributed by atoms with Crippen molar-refractivity contribution < 1.29 is 28.6 Å². The topological polar surface area (TPSA) is 136 Å². The van der Waals surface area contributed by atoms with Crippen molar-refractivity contribution in [1.29, 1.82) is 0 Å². The number of nitrogens with two attached hydrogens (primary N) is 1. The summed E-state index contributed by atoms with van der Waals surface area (Å²) in [5.41, 5.74) is 7.33. The highest BCUT2D eigenvalue weighted by Gasteiger charge is 2.28. The van der Waals surface area contributed by atoms with Crippen LogP contribution >= 0.6 is 22.9 Å². The molecule has 3 heterocycles. The lowest BCUT2D eigenvalue weighted by atomic mass is 10.1. The molecular weight excluding hydrogens is 460 g/mol. The maximum Gasteiger partial charge on any atom is 0.358 e.